The lowest BCUT2D eigenvalue weighted by molar-refractivity contribution is 0.0620. The molecule has 1 aliphatic heterocycles. The van der Waals surface area contributed by atoms with E-state index in [9.17, 15) is 9.90 Å². The van der Waals surface area contributed by atoms with E-state index in [-0.39, 0.29) is 18.4 Å². The molecule has 1 aliphatic rings. The minimum Gasteiger partial charge on any atom is -0.396 e. The highest BCUT2D eigenvalue weighted by Gasteiger charge is 2.23. The Bertz CT molecular complexity index is 442. The molecule has 20 heavy (non-hydrogen) atoms. The zero-order chi connectivity index (χ0) is 14.5. The van der Waals surface area contributed by atoms with Gasteiger partial charge in [0.1, 0.15) is 0 Å². The van der Waals surface area contributed by atoms with Crippen molar-refractivity contribution in [1.29, 1.82) is 0 Å². The van der Waals surface area contributed by atoms with Gasteiger partial charge in [-0.15, -0.1) is 0 Å². The fourth-order valence-electron chi connectivity index (χ4n) is 2.70. The van der Waals surface area contributed by atoms with Crippen LogP contribution >= 0.6 is 0 Å². The van der Waals surface area contributed by atoms with Gasteiger partial charge in [0.2, 0.25) is 0 Å². The van der Waals surface area contributed by atoms with E-state index in [1.54, 1.807) is 0 Å². The molecule has 1 atom stereocenters. The van der Waals surface area contributed by atoms with E-state index in [1.807, 2.05) is 43.3 Å². The van der Waals surface area contributed by atoms with Crippen molar-refractivity contribution in [1.82, 2.24) is 9.80 Å². The van der Waals surface area contributed by atoms with E-state index in [0.29, 0.717) is 6.54 Å². The van der Waals surface area contributed by atoms with Crippen LogP contribution in [0.1, 0.15) is 28.8 Å². The summed E-state index contributed by atoms with van der Waals surface area (Å²) in [5.74, 6) is 0.320. The number of aliphatic hydroxyl groups is 1. The lowest BCUT2D eigenvalue weighted by Gasteiger charge is -2.32. The minimum atomic E-state index is 0.0829. The highest BCUT2D eigenvalue weighted by Crippen LogP contribution is 2.18. The Morgan fingerprint density at radius 2 is 2.05 bits per heavy atom. The Morgan fingerprint density at radius 1 is 1.35 bits per heavy atom. The van der Waals surface area contributed by atoms with Crippen LogP contribution in [0.25, 0.3) is 0 Å². The number of likely N-dealkylation sites (tertiary alicyclic amines) is 1. The van der Waals surface area contributed by atoms with Gasteiger partial charge in [-0.3, -0.25) is 4.79 Å². The topological polar surface area (TPSA) is 43.8 Å². The summed E-state index contributed by atoms with van der Waals surface area (Å²) in [5.41, 5.74) is 1.95. The van der Waals surface area contributed by atoms with Gasteiger partial charge in [-0.1, -0.05) is 12.1 Å². The summed E-state index contributed by atoms with van der Waals surface area (Å²) < 4.78 is 0. The van der Waals surface area contributed by atoms with Gasteiger partial charge in [0.25, 0.3) is 5.91 Å². The van der Waals surface area contributed by atoms with E-state index in [0.717, 1.165) is 31.5 Å². The summed E-state index contributed by atoms with van der Waals surface area (Å²) in [6, 6.07) is 7.84. The standard InChI is InChI=1S/C16H24N2O2/c1-17(2)10-13-5-7-15(8-6-13)16(20)18-9-3-4-14(11-18)12-19/h5-8,14,19H,3-4,9-12H2,1-2H3. The van der Waals surface area contributed by atoms with Gasteiger partial charge < -0.3 is 14.9 Å². The molecule has 0 aliphatic carbocycles. The van der Waals surface area contributed by atoms with Crippen LogP contribution in [0.4, 0.5) is 0 Å². The van der Waals surface area contributed by atoms with Crippen molar-refractivity contribution in [2.45, 2.75) is 19.4 Å². The minimum absolute atomic E-state index is 0.0829. The SMILES string of the molecule is CN(C)Cc1ccc(C(=O)N2CCCC(CO)C2)cc1. The number of piperidine rings is 1. The Kier molecular flexibility index (Phi) is 5.15. The van der Waals surface area contributed by atoms with Crippen LogP contribution in [0.3, 0.4) is 0 Å². The molecule has 1 N–H and O–H groups in total. The molecule has 1 heterocycles. The number of hydrogen-bond acceptors (Lipinski definition) is 3. The van der Waals surface area contributed by atoms with E-state index in [1.165, 1.54) is 5.56 Å². The average molecular weight is 276 g/mol. The molecule has 1 aromatic carbocycles. The lowest BCUT2D eigenvalue weighted by atomic mass is 9.98. The third-order valence-electron chi connectivity index (χ3n) is 3.76. The smallest absolute Gasteiger partial charge is 0.253 e. The third-order valence-corrected chi connectivity index (χ3v) is 3.76. The number of carbonyl (C=O) groups excluding carboxylic acids is 1. The molecule has 110 valence electrons. The molecule has 1 saturated heterocycles. The molecule has 4 heteroatoms. The summed E-state index contributed by atoms with van der Waals surface area (Å²) >= 11 is 0. The highest BCUT2D eigenvalue weighted by molar-refractivity contribution is 5.94. The number of nitrogens with zero attached hydrogens (tertiary/aromatic N) is 2. The molecule has 1 aromatic rings. The molecule has 0 aromatic heterocycles. The number of rotatable bonds is 4. The largest absolute Gasteiger partial charge is 0.396 e. The van der Waals surface area contributed by atoms with Gasteiger partial charge in [0.15, 0.2) is 0 Å². The molecule has 0 spiro atoms. The maximum atomic E-state index is 12.4. The molecule has 1 fully saturated rings. The van der Waals surface area contributed by atoms with Crippen molar-refractivity contribution < 1.29 is 9.90 Å². The fourth-order valence-corrected chi connectivity index (χ4v) is 2.70. The molecule has 0 bridgehead atoms. The molecule has 1 unspecified atom stereocenters. The zero-order valence-corrected chi connectivity index (χ0v) is 12.4. The number of hydrogen-bond donors (Lipinski definition) is 1. The average Bonchev–Trinajstić information content (AvgIpc) is 2.47. The quantitative estimate of drug-likeness (QED) is 0.908. The second-order valence-corrected chi connectivity index (χ2v) is 5.88. The summed E-state index contributed by atoms with van der Waals surface area (Å²) in [5, 5.41) is 9.24. The van der Waals surface area contributed by atoms with Crippen molar-refractivity contribution >= 4 is 5.91 Å². The Hall–Kier alpha value is -1.39. The number of amides is 1. The van der Waals surface area contributed by atoms with Crippen molar-refractivity contribution in [3.8, 4) is 0 Å². The van der Waals surface area contributed by atoms with Gasteiger partial charge in [-0.05, 0) is 50.6 Å². The Balaban J connectivity index is 2.01. The van der Waals surface area contributed by atoms with Crippen molar-refractivity contribution in [3.63, 3.8) is 0 Å². The molecule has 0 radical (unpaired) electrons. The molecular weight excluding hydrogens is 252 g/mol. The van der Waals surface area contributed by atoms with Crippen LogP contribution in [0.2, 0.25) is 0 Å². The monoisotopic (exact) mass is 276 g/mol. The molecular formula is C16H24N2O2. The third kappa shape index (κ3) is 3.81. The van der Waals surface area contributed by atoms with Crippen LogP contribution < -0.4 is 0 Å². The Morgan fingerprint density at radius 3 is 2.65 bits per heavy atom. The van der Waals surface area contributed by atoms with Gasteiger partial charge in [-0.25, -0.2) is 0 Å². The van der Waals surface area contributed by atoms with Crippen molar-refractivity contribution in [3.05, 3.63) is 35.4 Å². The van der Waals surface area contributed by atoms with E-state index in [4.69, 9.17) is 0 Å². The summed E-state index contributed by atoms with van der Waals surface area (Å²) in [7, 11) is 4.06. The van der Waals surface area contributed by atoms with Crippen LogP contribution in [0.5, 0.6) is 0 Å². The van der Waals surface area contributed by atoms with Gasteiger partial charge in [0, 0.05) is 31.8 Å². The van der Waals surface area contributed by atoms with E-state index >= 15 is 0 Å². The predicted octanol–water partition coefficient (Wildman–Crippen LogP) is 1.59. The van der Waals surface area contributed by atoms with Crippen LogP contribution in [0, 0.1) is 5.92 Å². The first-order valence-electron chi connectivity index (χ1n) is 7.24. The van der Waals surface area contributed by atoms with Crippen molar-refractivity contribution in [2.75, 3.05) is 33.8 Å². The first-order chi connectivity index (χ1) is 9.60. The highest BCUT2D eigenvalue weighted by atomic mass is 16.3. The first-order valence-corrected chi connectivity index (χ1v) is 7.24. The van der Waals surface area contributed by atoms with Crippen LogP contribution in [0.15, 0.2) is 24.3 Å². The second kappa shape index (κ2) is 6.86. The van der Waals surface area contributed by atoms with Crippen LogP contribution in [-0.4, -0.2) is 54.6 Å². The van der Waals surface area contributed by atoms with Crippen molar-refractivity contribution in [2.24, 2.45) is 5.92 Å². The number of aliphatic hydroxyl groups excluding tert-OH is 1. The zero-order valence-electron chi connectivity index (χ0n) is 12.4. The Labute approximate surface area is 121 Å². The molecule has 1 amide bonds. The first kappa shape index (κ1) is 15.0. The lowest BCUT2D eigenvalue weighted by Crippen LogP contribution is -2.40. The fraction of sp³-hybridized carbons (Fsp3) is 0.562. The summed E-state index contributed by atoms with van der Waals surface area (Å²) in [6.45, 7) is 2.53. The maximum Gasteiger partial charge on any atom is 0.253 e. The normalized spacial score (nSPS) is 19.4. The molecule has 2 rings (SSSR count). The molecule has 0 saturated carbocycles. The van der Waals surface area contributed by atoms with E-state index in [2.05, 4.69) is 4.90 Å². The maximum absolute atomic E-state index is 12.4. The van der Waals surface area contributed by atoms with Gasteiger partial charge >= 0.3 is 0 Å². The predicted molar refractivity (Wildman–Crippen MR) is 79.5 cm³/mol. The number of benzene rings is 1. The van der Waals surface area contributed by atoms with Crippen LogP contribution in [-0.2, 0) is 6.54 Å². The summed E-state index contributed by atoms with van der Waals surface area (Å²) in [4.78, 5) is 16.4. The molecule has 4 nitrogen and oxygen atoms in total. The second-order valence-electron chi connectivity index (χ2n) is 5.88. The summed E-state index contributed by atoms with van der Waals surface area (Å²) in [6.07, 6.45) is 2.00. The van der Waals surface area contributed by atoms with Gasteiger partial charge in [-0.2, -0.15) is 0 Å². The number of carbonyl (C=O) groups is 1. The van der Waals surface area contributed by atoms with Gasteiger partial charge in [0.05, 0.1) is 0 Å². The van der Waals surface area contributed by atoms with E-state index < -0.39 is 0 Å².